The van der Waals surface area contributed by atoms with Gasteiger partial charge in [0.15, 0.2) is 5.41 Å². The number of nitrogens with one attached hydrogen (secondary N) is 1. The summed E-state index contributed by atoms with van der Waals surface area (Å²) in [5.74, 6) is -1.40. The van der Waals surface area contributed by atoms with E-state index >= 15 is 0 Å². The third-order valence-corrected chi connectivity index (χ3v) is 6.57. The third kappa shape index (κ3) is 7.34. The summed E-state index contributed by atoms with van der Waals surface area (Å²) in [6, 6.07) is 9.50. The molecule has 0 radical (unpaired) electrons. The molecule has 5 heteroatoms. The van der Waals surface area contributed by atoms with Crippen LogP contribution >= 0.6 is 0 Å². The van der Waals surface area contributed by atoms with Gasteiger partial charge in [-0.05, 0) is 30.7 Å². The number of carboxylic acids is 1. The smallest absolute Gasteiger partial charge is 0.325 e. The minimum Gasteiger partial charge on any atom is -0.480 e. The summed E-state index contributed by atoms with van der Waals surface area (Å²) in [6.07, 6.45) is 11.4. The van der Waals surface area contributed by atoms with Gasteiger partial charge in [0, 0.05) is 12.6 Å². The third-order valence-electron chi connectivity index (χ3n) is 6.57. The number of carboxylic acid groups (broad SMARTS) is 1. The molecule has 3 unspecified atom stereocenters. The average Bonchev–Trinajstić information content (AvgIpc) is 3.16. The predicted molar refractivity (Wildman–Crippen MR) is 124 cm³/mol. The summed E-state index contributed by atoms with van der Waals surface area (Å²) in [7, 11) is 0. The molecule has 1 aliphatic rings. The van der Waals surface area contributed by atoms with Gasteiger partial charge in [-0.2, -0.15) is 0 Å². The molecule has 1 fully saturated rings. The Hall–Kier alpha value is -1.88. The molecule has 0 bridgehead atoms. The molecule has 1 aromatic carbocycles. The normalized spacial score (nSPS) is 23.0. The molecular weight excluding hydrogens is 390 g/mol. The lowest BCUT2D eigenvalue weighted by Gasteiger charge is -2.29. The number of carbonyl (C=O) groups excluding carboxylic acids is 1. The molecular formula is C26H41NO4. The van der Waals surface area contributed by atoms with Crippen LogP contribution in [0, 0.1) is 11.3 Å². The topological polar surface area (TPSA) is 75.6 Å². The molecule has 0 heterocycles. The van der Waals surface area contributed by atoms with Gasteiger partial charge in [-0.15, -0.1) is 0 Å². The van der Waals surface area contributed by atoms with Crippen molar-refractivity contribution >= 4 is 11.9 Å². The predicted octanol–water partition coefficient (Wildman–Crippen LogP) is 5.72. The maximum atomic E-state index is 13.0. The van der Waals surface area contributed by atoms with E-state index in [2.05, 4.69) is 12.2 Å². The van der Waals surface area contributed by atoms with Crippen molar-refractivity contribution in [1.82, 2.24) is 5.32 Å². The Kier molecular flexibility index (Phi) is 11.1. The largest absolute Gasteiger partial charge is 0.480 e. The van der Waals surface area contributed by atoms with Gasteiger partial charge in [-0.25, -0.2) is 0 Å². The average molecular weight is 432 g/mol. The monoisotopic (exact) mass is 431 g/mol. The van der Waals surface area contributed by atoms with Gasteiger partial charge in [-0.1, -0.05) is 95.5 Å². The van der Waals surface area contributed by atoms with Gasteiger partial charge in [0.2, 0.25) is 0 Å². The molecule has 0 amide bonds. The van der Waals surface area contributed by atoms with Crippen LogP contribution < -0.4 is 5.32 Å². The highest BCUT2D eigenvalue weighted by molar-refractivity contribution is 6.00. The zero-order chi connectivity index (χ0) is 22.5. The van der Waals surface area contributed by atoms with Crippen LogP contribution in [0.1, 0.15) is 90.0 Å². The SMILES string of the molecule is CCCCCCCCCC1CC(NCc2ccccc2)C(C(=O)O)(C(=O)OCCC)C1. The Balaban J connectivity index is 2.01. The van der Waals surface area contributed by atoms with Crippen LogP contribution in [0.4, 0.5) is 0 Å². The summed E-state index contributed by atoms with van der Waals surface area (Å²) >= 11 is 0. The number of benzene rings is 1. The van der Waals surface area contributed by atoms with Crippen LogP contribution in [-0.4, -0.2) is 29.7 Å². The number of ether oxygens (including phenoxy) is 1. The van der Waals surface area contributed by atoms with Gasteiger partial charge in [0.25, 0.3) is 0 Å². The van der Waals surface area contributed by atoms with Crippen LogP contribution in [0.5, 0.6) is 0 Å². The first-order valence-electron chi connectivity index (χ1n) is 12.2. The second-order valence-corrected chi connectivity index (χ2v) is 9.05. The van der Waals surface area contributed by atoms with E-state index in [4.69, 9.17) is 4.74 Å². The Bertz CT molecular complexity index is 663. The quantitative estimate of drug-likeness (QED) is 0.211. The molecule has 0 spiro atoms. The molecule has 1 saturated carbocycles. The zero-order valence-electron chi connectivity index (χ0n) is 19.4. The van der Waals surface area contributed by atoms with Crippen molar-refractivity contribution in [3.8, 4) is 0 Å². The highest BCUT2D eigenvalue weighted by Crippen LogP contribution is 2.45. The molecule has 0 aliphatic heterocycles. The number of carbonyl (C=O) groups is 2. The first kappa shape index (κ1) is 25.4. The molecule has 3 atom stereocenters. The van der Waals surface area contributed by atoms with Crippen LogP contribution in [0.2, 0.25) is 0 Å². The molecule has 2 N–H and O–H groups in total. The molecule has 31 heavy (non-hydrogen) atoms. The van der Waals surface area contributed by atoms with E-state index in [9.17, 15) is 14.7 Å². The van der Waals surface area contributed by atoms with Crippen LogP contribution in [0.15, 0.2) is 30.3 Å². The van der Waals surface area contributed by atoms with E-state index in [-0.39, 0.29) is 12.5 Å². The molecule has 0 saturated heterocycles. The van der Waals surface area contributed by atoms with Gasteiger partial charge in [0.1, 0.15) is 0 Å². The van der Waals surface area contributed by atoms with E-state index in [1.165, 1.54) is 38.5 Å². The number of hydrogen-bond acceptors (Lipinski definition) is 4. The summed E-state index contributed by atoms with van der Waals surface area (Å²) < 4.78 is 5.39. The lowest BCUT2D eigenvalue weighted by Crippen LogP contribution is -2.52. The standard InChI is InChI=1S/C26H41NO4/c1-3-5-6-7-8-9-11-16-22-18-23(27-20-21-14-12-10-13-15-21)26(19-22,24(28)29)25(30)31-17-4-2/h10,12-15,22-23,27H,3-9,11,16-20H2,1-2H3,(H,28,29). The van der Waals surface area contributed by atoms with Crippen molar-refractivity contribution in [2.24, 2.45) is 11.3 Å². The van der Waals surface area contributed by atoms with E-state index < -0.39 is 23.4 Å². The number of rotatable bonds is 15. The maximum absolute atomic E-state index is 13.0. The Morgan fingerprint density at radius 2 is 1.71 bits per heavy atom. The van der Waals surface area contributed by atoms with Gasteiger partial charge in [-0.3, -0.25) is 9.59 Å². The summed E-state index contributed by atoms with van der Waals surface area (Å²) in [6.45, 7) is 4.96. The zero-order valence-corrected chi connectivity index (χ0v) is 19.4. The highest BCUT2D eigenvalue weighted by Gasteiger charge is 2.59. The van der Waals surface area contributed by atoms with Crippen molar-refractivity contribution < 1.29 is 19.4 Å². The van der Waals surface area contributed by atoms with Crippen molar-refractivity contribution in [3.63, 3.8) is 0 Å². The fraction of sp³-hybridized carbons (Fsp3) is 0.692. The van der Waals surface area contributed by atoms with Crippen molar-refractivity contribution in [2.75, 3.05) is 6.61 Å². The van der Waals surface area contributed by atoms with Crippen molar-refractivity contribution in [2.45, 2.75) is 97.1 Å². The summed E-state index contributed by atoms with van der Waals surface area (Å²) in [5, 5.41) is 13.6. The first-order valence-corrected chi connectivity index (χ1v) is 12.2. The first-order chi connectivity index (χ1) is 15.0. The van der Waals surface area contributed by atoms with E-state index in [1.54, 1.807) is 0 Å². The summed E-state index contributed by atoms with van der Waals surface area (Å²) in [4.78, 5) is 25.4. The number of esters is 1. The lowest BCUT2D eigenvalue weighted by molar-refractivity contribution is -0.170. The fourth-order valence-electron chi connectivity index (χ4n) is 4.79. The lowest BCUT2D eigenvalue weighted by atomic mass is 9.81. The highest BCUT2D eigenvalue weighted by atomic mass is 16.5. The molecule has 0 aromatic heterocycles. The van der Waals surface area contributed by atoms with Gasteiger partial charge >= 0.3 is 11.9 Å². The van der Waals surface area contributed by atoms with Crippen LogP contribution in [-0.2, 0) is 20.9 Å². The van der Waals surface area contributed by atoms with E-state index in [0.717, 1.165) is 18.4 Å². The van der Waals surface area contributed by atoms with Gasteiger partial charge < -0.3 is 15.2 Å². The molecule has 1 aromatic rings. The Morgan fingerprint density at radius 1 is 1.03 bits per heavy atom. The second kappa shape index (κ2) is 13.5. The van der Waals surface area contributed by atoms with E-state index in [1.807, 2.05) is 37.3 Å². The Morgan fingerprint density at radius 3 is 2.35 bits per heavy atom. The van der Waals surface area contributed by atoms with E-state index in [0.29, 0.717) is 25.8 Å². The minimum absolute atomic E-state index is 0.231. The van der Waals surface area contributed by atoms with Crippen molar-refractivity contribution in [1.29, 1.82) is 0 Å². The van der Waals surface area contributed by atoms with Crippen LogP contribution in [0.3, 0.4) is 0 Å². The fourth-order valence-corrected chi connectivity index (χ4v) is 4.79. The number of aliphatic carboxylic acids is 1. The van der Waals surface area contributed by atoms with Crippen molar-refractivity contribution in [3.05, 3.63) is 35.9 Å². The molecule has 174 valence electrons. The molecule has 2 rings (SSSR count). The van der Waals surface area contributed by atoms with Gasteiger partial charge in [0.05, 0.1) is 6.61 Å². The number of hydrogen-bond donors (Lipinski definition) is 2. The number of unbranched alkanes of at least 4 members (excludes halogenated alkanes) is 6. The molecule has 1 aliphatic carbocycles. The molecule has 5 nitrogen and oxygen atoms in total. The van der Waals surface area contributed by atoms with Crippen LogP contribution in [0.25, 0.3) is 0 Å². The Labute approximate surface area is 188 Å². The maximum Gasteiger partial charge on any atom is 0.325 e. The second-order valence-electron chi connectivity index (χ2n) is 9.05. The summed E-state index contributed by atoms with van der Waals surface area (Å²) in [5.41, 5.74) is -0.408. The minimum atomic E-state index is -1.49.